The van der Waals surface area contributed by atoms with Crippen molar-refractivity contribution in [2.75, 3.05) is 6.61 Å². The average Bonchev–Trinajstić information content (AvgIpc) is 2.93. The number of hydrogen-bond acceptors (Lipinski definition) is 5. The van der Waals surface area contributed by atoms with E-state index in [1.165, 1.54) is 12.2 Å². The number of aliphatic hydroxyl groups is 3. The maximum atomic E-state index is 16.9. The Morgan fingerprint density at radius 3 is 2.68 bits per heavy atom. The zero-order valence-corrected chi connectivity index (χ0v) is 16.6. The molecule has 0 aromatic carbocycles. The van der Waals surface area contributed by atoms with Gasteiger partial charge < -0.3 is 15.3 Å². The molecule has 0 aromatic rings. The lowest BCUT2D eigenvalue weighted by Gasteiger charge is -2.61. The first-order valence-corrected chi connectivity index (χ1v) is 10.2. The number of halogens is 1. The highest BCUT2D eigenvalue weighted by Crippen LogP contribution is 2.67. The molecule has 28 heavy (non-hydrogen) atoms. The van der Waals surface area contributed by atoms with Crippen molar-refractivity contribution in [2.24, 2.45) is 35.0 Å². The molecule has 4 aliphatic carbocycles. The van der Waals surface area contributed by atoms with Crippen LogP contribution in [-0.4, -0.2) is 50.9 Å². The first kappa shape index (κ1) is 19.9. The molecule has 3 fully saturated rings. The zero-order valence-electron chi connectivity index (χ0n) is 16.6. The number of carbonyl (C=O) groups excluding carboxylic acids is 2. The topological polar surface area (TPSA) is 94.8 Å². The van der Waals surface area contributed by atoms with E-state index in [2.05, 4.69) is 0 Å². The van der Waals surface area contributed by atoms with E-state index >= 15 is 4.39 Å². The highest BCUT2D eigenvalue weighted by Gasteiger charge is 2.73. The predicted octanol–water partition coefficient (Wildman–Crippen LogP) is 1.75. The van der Waals surface area contributed by atoms with Crippen molar-refractivity contribution in [1.29, 1.82) is 0 Å². The molecule has 154 valence electrons. The summed E-state index contributed by atoms with van der Waals surface area (Å²) in [5, 5.41) is 31.9. The fourth-order valence-corrected chi connectivity index (χ4v) is 7.15. The second-order valence-electron chi connectivity index (χ2n) is 9.56. The molecule has 0 radical (unpaired) electrons. The van der Waals surface area contributed by atoms with E-state index in [0.29, 0.717) is 24.8 Å². The molecule has 0 amide bonds. The molecule has 6 heteroatoms. The Morgan fingerprint density at radius 2 is 2.04 bits per heavy atom. The monoisotopic (exact) mass is 392 g/mol. The lowest BCUT2D eigenvalue weighted by molar-refractivity contribution is -0.214. The Balaban J connectivity index is 1.84. The Morgan fingerprint density at radius 1 is 1.36 bits per heavy atom. The summed E-state index contributed by atoms with van der Waals surface area (Å²) in [6.07, 6.45) is 4.54. The highest BCUT2D eigenvalue weighted by molar-refractivity contribution is 6.01. The molecule has 4 aliphatic rings. The van der Waals surface area contributed by atoms with E-state index in [1.807, 2.05) is 0 Å². The lowest BCUT2D eigenvalue weighted by atomic mass is 9.46. The highest BCUT2D eigenvalue weighted by atomic mass is 19.1. The van der Waals surface area contributed by atoms with Crippen LogP contribution >= 0.6 is 0 Å². The van der Waals surface area contributed by atoms with Crippen molar-refractivity contribution >= 4 is 11.6 Å². The summed E-state index contributed by atoms with van der Waals surface area (Å²) in [6, 6.07) is 0. The summed E-state index contributed by atoms with van der Waals surface area (Å²) in [5.41, 5.74) is -4.12. The smallest absolute Gasteiger partial charge is 0.190 e. The third-order valence-electron chi connectivity index (χ3n) is 8.57. The van der Waals surface area contributed by atoms with Crippen molar-refractivity contribution in [1.82, 2.24) is 0 Å². The maximum absolute atomic E-state index is 16.9. The molecule has 0 heterocycles. The van der Waals surface area contributed by atoms with Gasteiger partial charge in [0.05, 0.1) is 6.10 Å². The van der Waals surface area contributed by atoms with Crippen LogP contribution < -0.4 is 0 Å². The third kappa shape index (κ3) is 2.12. The SMILES string of the molecule is C[C@@H]1C[C@@H]2C([C@H](C)[C@H](O)[C@@]3(F)[C@H]2CCC2=CC(=O)C=C[C@@]23C)[C@@]1(O)C(=O)CO. The summed E-state index contributed by atoms with van der Waals surface area (Å²) in [5.74, 6) is -3.32. The van der Waals surface area contributed by atoms with Gasteiger partial charge in [-0.2, -0.15) is 0 Å². The fourth-order valence-electron chi connectivity index (χ4n) is 7.15. The second kappa shape index (κ2) is 6.07. The van der Waals surface area contributed by atoms with Gasteiger partial charge in [-0.05, 0) is 56.1 Å². The maximum Gasteiger partial charge on any atom is 0.190 e. The summed E-state index contributed by atoms with van der Waals surface area (Å²) < 4.78 is 16.9. The van der Waals surface area contributed by atoms with Crippen LogP contribution in [0.15, 0.2) is 23.8 Å². The number of rotatable bonds is 2. The average molecular weight is 392 g/mol. The van der Waals surface area contributed by atoms with Gasteiger partial charge in [-0.15, -0.1) is 0 Å². The van der Waals surface area contributed by atoms with E-state index < -0.39 is 58.9 Å². The van der Waals surface area contributed by atoms with Gasteiger partial charge in [0, 0.05) is 17.3 Å². The molecule has 0 aliphatic heterocycles. The molecule has 4 rings (SSSR count). The van der Waals surface area contributed by atoms with Gasteiger partial charge in [-0.25, -0.2) is 4.39 Å². The number of carbonyl (C=O) groups is 2. The van der Waals surface area contributed by atoms with Gasteiger partial charge >= 0.3 is 0 Å². The van der Waals surface area contributed by atoms with Crippen molar-refractivity contribution < 1.29 is 29.3 Å². The molecule has 3 N–H and O–H groups in total. The summed E-state index contributed by atoms with van der Waals surface area (Å²) >= 11 is 0. The number of allylic oxidation sites excluding steroid dienone is 4. The molecule has 5 nitrogen and oxygen atoms in total. The van der Waals surface area contributed by atoms with Crippen molar-refractivity contribution in [2.45, 2.75) is 57.4 Å². The van der Waals surface area contributed by atoms with Crippen LogP contribution in [0.5, 0.6) is 0 Å². The van der Waals surface area contributed by atoms with Crippen LogP contribution in [0, 0.1) is 35.0 Å². The van der Waals surface area contributed by atoms with Gasteiger partial charge in [0.1, 0.15) is 12.2 Å². The van der Waals surface area contributed by atoms with Crippen LogP contribution in [0.3, 0.4) is 0 Å². The summed E-state index contributed by atoms with van der Waals surface area (Å²) in [4.78, 5) is 24.3. The van der Waals surface area contributed by atoms with Crippen molar-refractivity contribution in [3.63, 3.8) is 0 Å². The first-order chi connectivity index (χ1) is 13.0. The minimum absolute atomic E-state index is 0.164. The number of ketones is 2. The van der Waals surface area contributed by atoms with E-state index in [4.69, 9.17) is 0 Å². The second-order valence-corrected chi connectivity index (χ2v) is 9.56. The summed E-state index contributed by atoms with van der Waals surface area (Å²) in [7, 11) is 0. The van der Waals surface area contributed by atoms with Crippen LogP contribution in [0.4, 0.5) is 4.39 Å². The minimum atomic E-state index is -1.98. The Kier molecular flexibility index (Phi) is 4.32. The van der Waals surface area contributed by atoms with Gasteiger partial charge in [-0.1, -0.05) is 25.5 Å². The number of aliphatic hydroxyl groups excluding tert-OH is 2. The number of hydrogen-bond donors (Lipinski definition) is 3. The number of fused-ring (bicyclic) bond motifs is 5. The largest absolute Gasteiger partial charge is 0.389 e. The molecule has 1 unspecified atom stereocenters. The predicted molar refractivity (Wildman–Crippen MR) is 99.9 cm³/mol. The van der Waals surface area contributed by atoms with Crippen LogP contribution in [0.25, 0.3) is 0 Å². The zero-order chi connectivity index (χ0) is 20.6. The van der Waals surface area contributed by atoms with Gasteiger partial charge in [0.15, 0.2) is 17.2 Å². The molecule has 3 saturated carbocycles. The fraction of sp³-hybridized carbons (Fsp3) is 0.727. The van der Waals surface area contributed by atoms with Crippen molar-refractivity contribution in [3.05, 3.63) is 23.8 Å². The molecule has 0 bridgehead atoms. The molecule has 0 spiro atoms. The molecule has 0 aromatic heterocycles. The molecule has 9 atom stereocenters. The van der Waals surface area contributed by atoms with E-state index in [-0.39, 0.29) is 11.7 Å². The minimum Gasteiger partial charge on any atom is -0.389 e. The quantitative estimate of drug-likeness (QED) is 0.666. The number of Topliss-reactive ketones (excluding diaryl/α,β-unsaturated/α-hetero) is 1. The lowest BCUT2D eigenvalue weighted by Crippen LogP contribution is -2.69. The Hall–Kier alpha value is -1.37. The van der Waals surface area contributed by atoms with Crippen LogP contribution in [0.1, 0.15) is 40.0 Å². The first-order valence-electron chi connectivity index (χ1n) is 10.2. The van der Waals surface area contributed by atoms with Crippen molar-refractivity contribution in [3.8, 4) is 0 Å². The summed E-state index contributed by atoms with van der Waals surface area (Å²) in [6.45, 7) is 4.42. The van der Waals surface area contributed by atoms with Crippen LogP contribution in [-0.2, 0) is 9.59 Å². The standard InChI is InChI=1S/C22H29FO5/c1-11-8-15-16-5-4-13-9-14(25)6-7-20(13,3)22(16,23)19(27)12(2)18(15)21(11,28)17(26)10-24/h6-7,9,11-12,15-16,18-19,24,27-28H,4-5,8,10H2,1-3H3/t11-,12+,15+,16+,18?,19+,20+,21+,22+/m1/s1. The van der Waals surface area contributed by atoms with Gasteiger partial charge in [-0.3, -0.25) is 9.59 Å². The molecular formula is C22H29FO5. The Labute approximate surface area is 164 Å². The Bertz CT molecular complexity index is 790. The van der Waals surface area contributed by atoms with Crippen LogP contribution in [0.2, 0.25) is 0 Å². The van der Waals surface area contributed by atoms with E-state index in [9.17, 15) is 24.9 Å². The third-order valence-corrected chi connectivity index (χ3v) is 8.57. The van der Waals surface area contributed by atoms with E-state index in [0.717, 1.165) is 0 Å². The van der Waals surface area contributed by atoms with Gasteiger partial charge in [0.25, 0.3) is 0 Å². The molecular weight excluding hydrogens is 363 g/mol. The molecule has 0 saturated heterocycles. The van der Waals surface area contributed by atoms with E-state index in [1.54, 1.807) is 26.8 Å². The number of alkyl halides is 1. The van der Waals surface area contributed by atoms with Gasteiger partial charge in [0.2, 0.25) is 0 Å². The normalized spacial score (nSPS) is 52.5.